The Hall–Kier alpha value is -3.14. The van der Waals surface area contributed by atoms with Gasteiger partial charge < -0.3 is 4.90 Å². The van der Waals surface area contributed by atoms with Gasteiger partial charge in [0.1, 0.15) is 0 Å². The van der Waals surface area contributed by atoms with Crippen LogP contribution < -0.4 is 4.90 Å². The van der Waals surface area contributed by atoms with Crippen LogP contribution in [0.5, 0.6) is 0 Å². The number of fused-ring (bicyclic) bond motifs is 1. The van der Waals surface area contributed by atoms with Crippen molar-refractivity contribution >= 4 is 28.6 Å². The average molecular weight is 343 g/mol. The lowest BCUT2D eigenvalue weighted by Crippen LogP contribution is -2.17. The standard InChI is InChI=1S/C22H21N3O/c1-24(2)20-11-9-17(10-12-20)22-14-21(23-25(22)15-26)19-8-7-16-5-3-4-6-18(16)13-19/h3-13,15,22H,14H2,1-2H3. The highest BCUT2D eigenvalue weighted by atomic mass is 16.1. The van der Waals surface area contributed by atoms with Gasteiger partial charge in [-0.1, -0.05) is 48.5 Å². The number of anilines is 1. The Morgan fingerprint density at radius 1 is 1.00 bits per heavy atom. The number of rotatable bonds is 4. The highest BCUT2D eigenvalue weighted by Crippen LogP contribution is 2.33. The summed E-state index contributed by atoms with van der Waals surface area (Å²) in [6.07, 6.45) is 1.54. The van der Waals surface area contributed by atoms with E-state index >= 15 is 0 Å². The fourth-order valence-corrected chi connectivity index (χ4v) is 3.43. The number of nitrogens with zero attached hydrogens (tertiary/aromatic N) is 3. The fraction of sp³-hybridized carbons (Fsp3) is 0.182. The van der Waals surface area contributed by atoms with Crippen molar-refractivity contribution in [3.63, 3.8) is 0 Å². The molecule has 1 aliphatic heterocycles. The summed E-state index contributed by atoms with van der Waals surface area (Å²) in [4.78, 5) is 13.6. The first-order chi connectivity index (χ1) is 12.7. The van der Waals surface area contributed by atoms with Crippen LogP contribution in [0.1, 0.15) is 23.6 Å². The molecule has 3 aromatic rings. The van der Waals surface area contributed by atoms with Crippen molar-refractivity contribution in [2.45, 2.75) is 12.5 Å². The monoisotopic (exact) mass is 343 g/mol. The Labute approximate surface area is 153 Å². The Morgan fingerprint density at radius 3 is 2.42 bits per heavy atom. The zero-order chi connectivity index (χ0) is 18.1. The van der Waals surface area contributed by atoms with Gasteiger partial charge in [0.25, 0.3) is 0 Å². The second-order valence-corrected chi connectivity index (χ2v) is 6.80. The van der Waals surface area contributed by atoms with Crippen molar-refractivity contribution < 1.29 is 4.79 Å². The van der Waals surface area contributed by atoms with E-state index in [4.69, 9.17) is 0 Å². The maximum Gasteiger partial charge on any atom is 0.230 e. The number of carbonyl (C=O) groups is 1. The van der Waals surface area contributed by atoms with Gasteiger partial charge in [0.05, 0.1) is 11.8 Å². The van der Waals surface area contributed by atoms with Gasteiger partial charge in [0.15, 0.2) is 0 Å². The normalized spacial score (nSPS) is 16.6. The minimum atomic E-state index is -0.0508. The molecule has 0 bridgehead atoms. The Kier molecular flexibility index (Phi) is 4.17. The smallest absolute Gasteiger partial charge is 0.230 e. The van der Waals surface area contributed by atoms with Crippen LogP contribution in [-0.4, -0.2) is 31.2 Å². The fourth-order valence-electron chi connectivity index (χ4n) is 3.43. The molecule has 3 aromatic carbocycles. The predicted molar refractivity (Wildman–Crippen MR) is 107 cm³/mol. The zero-order valence-electron chi connectivity index (χ0n) is 15.0. The van der Waals surface area contributed by atoms with Crippen molar-refractivity contribution in [1.29, 1.82) is 0 Å². The molecule has 0 fully saturated rings. The topological polar surface area (TPSA) is 35.9 Å². The first kappa shape index (κ1) is 16.3. The van der Waals surface area contributed by atoms with Crippen molar-refractivity contribution in [3.8, 4) is 0 Å². The number of carbonyl (C=O) groups excluding carboxylic acids is 1. The maximum atomic E-state index is 11.6. The predicted octanol–water partition coefficient (Wildman–Crippen LogP) is 4.21. The van der Waals surface area contributed by atoms with Crippen molar-refractivity contribution in [1.82, 2.24) is 5.01 Å². The molecule has 26 heavy (non-hydrogen) atoms. The SMILES string of the molecule is CN(C)c1ccc(C2CC(c3ccc4ccccc4c3)=NN2C=O)cc1. The largest absolute Gasteiger partial charge is 0.378 e. The molecule has 0 N–H and O–H groups in total. The highest BCUT2D eigenvalue weighted by Gasteiger charge is 2.28. The van der Waals surface area contributed by atoms with Gasteiger partial charge in [-0.15, -0.1) is 0 Å². The molecule has 1 amide bonds. The lowest BCUT2D eigenvalue weighted by molar-refractivity contribution is -0.119. The second-order valence-electron chi connectivity index (χ2n) is 6.80. The zero-order valence-corrected chi connectivity index (χ0v) is 15.0. The Morgan fingerprint density at radius 2 is 1.73 bits per heavy atom. The third-order valence-electron chi connectivity index (χ3n) is 4.93. The minimum Gasteiger partial charge on any atom is -0.378 e. The van der Waals surface area contributed by atoms with Gasteiger partial charge in [-0.3, -0.25) is 4.79 Å². The van der Waals surface area contributed by atoms with Crippen LogP contribution in [0.3, 0.4) is 0 Å². The minimum absolute atomic E-state index is 0.0508. The molecular formula is C22H21N3O. The Balaban J connectivity index is 1.63. The van der Waals surface area contributed by atoms with Gasteiger partial charge in [-0.2, -0.15) is 5.10 Å². The second kappa shape index (κ2) is 6.64. The third kappa shape index (κ3) is 2.94. The molecule has 4 rings (SSSR count). The molecule has 0 aliphatic carbocycles. The van der Waals surface area contributed by atoms with E-state index in [9.17, 15) is 4.79 Å². The summed E-state index contributed by atoms with van der Waals surface area (Å²) in [5.74, 6) is 0. The van der Waals surface area contributed by atoms with Gasteiger partial charge in [-0.05, 0) is 40.1 Å². The number of benzene rings is 3. The third-order valence-corrected chi connectivity index (χ3v) is 4.93. The summed E-state index contributed by atoms with van der Waals surface area (Å²) in [5, 5.41) is 8.50. The number of hydrogen-bond donors (Lipinski definition) is 0. The van der Waals surface area contributed by atoms with Crippen molar-refractivity contribution in [2.75, 3.05) is 19.0 Å². The van der Waals surface area contributed by atoms with E-state index in [2.05, 4.69) is 64.6 Å². The van der Waals surface area contributed by atoms with E-state index in [1.165, 1.54) is 15.8 Å². The van der Waals surface area contributed by atoms with E-state index < -0.39 is 0 Å². The molecule has 130 valence electrons. The molecule has 0 radical (unpaired) electrons. The molecular weight excluding hydrogens is 322 g/mol. The molecule has 1 atom stereocenters. The summed E-state index contributed by atoms with van der Waals surface area (Å²) < 4.78 is 0. The summed E-state index contributed by atoms with van der Waals surface area (Å²) in [6.45, 7) is 0. The van der Waals surface area contributed by atoms with E-state index in [1.807, 2.05) is 26.2 Å². The maximum absolute atomic E-state index is 11.6. The summed E-state index contributed by atoms with van der Waals surface area (Å²) in [6, 6.07) is 22.9. The lowest BCUT2D eigenvalue weighted by atomic mass is 9.97. The van der Waals surface area contributed by atoms with Gasteiger partial charge >= 0.3 is 0 Å². The first-order valence-electron chi connectivity index (χ1n) is 8.73. The molecule has 4 nitrogen and oxygen atoms in total. The molecule has 1 unspecified atom stereocenters. The number of hydrogen-bond acceptors (Lipinski definition) is 3. The van der Waals surface area contributed by atoms with E-state index in [0.717, 1.165) is 35.4 Å². The summed E-state index contributed by atoms with van der Waals surface area (Å²) in [5.41, 5.74) is 4.26. The molecule has 4 heteroatoms. The van der Waals surface area contributed by atoms with Crippen LogP contribution in [0.2, 0.25) is 0 Å². The van der Waals surface area contributed by atoms with Gasteiger partial charge in [0, 0.05) is 26.2 Å². The van der Waals surface area contributed by atoms with E-state index in [0.29, 0.717) is 0 Å². The number of amides is 1. The Bertz CT molecular complexity index is 976. The van der Waals surface area contributed by atoms with E-state index in [-0.39, 0.29) is 6.04 Å². The van der Waals surface area contributed by atoms with Crippen LogP contribution in [-0.2, 0) is 4.79 Å². The van der Waals surface area contributed by atoms with Gasteiger partial charge in [0.2, 0.25) is 6.41 Å². The van der Waals surface area contributed by atoms with Crippen LogP contribution in [0.4, 0.5) is 5.69 Å². The highest BCUT2D eigenvalue weighted by molar-refractivity contribution is 6.05. The molecule has 1 heterocycles. The molecule has 0 aromatic heterocycles. The van der Waals surface area contributed by atoms with Crippen LogP contribution in [0.25, 0.3) is 10.8 Å². The van der Waals surface area contributed by atoms with Crippen molar-refractivity contribution in [3.05, 3.63) is 77.9 Å². The lowest BCUT2D eigenvalue weighted by Gasteiger charge is -2.19. The number of hydrazone groups is 1. The van der Waals surface area contributed by atoms with Crippen LogP contribution in [0.15, 0.2) is 71.8 Å². The molecule has 0 saturated heterocycles. The van der Waals surface area contributed by atoms with Crippen molar-refractivity contribution in [2.24, 2.45) is 5.10 Å². The van der Waals surface area contributed by atoms with Crippen LogP contribution in [0, 0.1) is 0 Å². The summed E-state index contributed by atoms with van der Waals surface area (Å²) >= 11 is 0. The van der Waals surface area contributed by atoms with Crippen LogP contribution >= 0.6 is 0 Å². The quantitative estimate of drug-likeness (QED) is 0.665. The molecule has 0 spiro atoms. The summed E-state index contributed by atoms with van der Waals surface area (Å²) in [7, 11) is 4.03. The molecule has 0 saturated carbocycles. The average Bonchev–Trinajstić information content (AvgIpc) is 3.12. The molecule has 1 aliphatic rings. The van der Waals surface area contributed by atoms with Gasteiger partial charge in [-0.25, -0.2) is 5.01 Å². The first-order valence-corrected chi connectivity index (χ1v) is 8.73. The van der Waals surface area contributed by atoms with E-state index in [1.54, 1.807) is 0 Å².